The fourth-order valence-electron chi connectivity index (χ4n) is 4.69. The van der Waals surface area contributed by atoms with Crippen molar-refractivity contribution >= 4 is 39.1 Å². The van der Waals surface area contributed by atoms with Gasteiger partial charge in [-0.2, -0.15) is 0 Å². The summed E-state index contributed by atoms with van der Waals surface area (Å²) in [7, 11) is 0. The number of ether oxygens (including phenoxy) is 1. The van der Waals surface area contributed by atoms with Crippen LogP contribution in [0.1, 0.15) is 38.0 Å². The van der Waals surface area contributed by atoms with Gasteiger partial charge in [0, 0.05) is 27.3 Å². The van der Waals surface area contributed by atoms with Crippen molar-refractivity contribution in [2.75, 3.05) is 0 Å². The number of fused-ring (bicyclic) bond motifs is 1. The first-order chi connectivity index (χ1) is 18.5. The highest BCUT2D eigenvalue weighted by molar-refractivity contribution is 7.22. The Labute approximate surface area is 235 Å². The highest BCUT2D eigenvalue weighted by Crippen LogP contribution is 2.45. The molecule has 5 aromatic rings. The van der Waals surface area contributed by atoms with E-state index in [0.29, 0.717) is 37.8 Å². The average molecular weight is 560 g/mol. The highest BCUT2D eigenvalue weighted by atomic mass is 35.5. The summed E-state index contributed by atoms with van der Waals surface area (Å²) < 4.78 is 22.7. The molecule has 5 rings (SSSR count). The van der Waals surface area contributed by atoms with Crippen LogP contribution in [0.15, 0.2) is 78.9 Å². The van der Waals surface area contributed by atoms with Crippen LogP contribution in [-0.4, -0.2) is 21.7 Å². The van der Waals surface area contributed by atoms with Gasteiger partial charge in [-0.1, -0.05) is 66.2 Å². The van der Waals surface area contributed by atoms with Gasteiger partial charge in [0.2, 0.25) is 0 Å². The van der Waals surface area contributed by atoms with Crippen LogP contribution >= 0.6 is 22.9 Å². The van der Waals surface area contributed by atoms with E-state index in [4.69, 9.17) is 21.3 Å². The van der Waals surface area contributed by atoms with Gasteiger partial charge in [-0.3, -0.25) is 0 Å². The number of halogens is 2. The van der Waals surface area contributed by atoms with Gasteiger partial charge in [0.25, 0.3) is 0 Å². The predicted octanol–water partition coefficient (Wildman–Crippen LogP) is 9.34. The Kier molecular flexibility index (Phi) is 7.29. The zero-order chi connectivity index (χ0) is 27.9. The Bertz CT molecular complexity index is 1670. The number of nitrogens with zero attached hydrogens (tertiary/aromatic N) is 1. The Morgan fingerprint density at radius 1 is 0.974 bits per heavy atom. The standard InChI is InChI=1S/C32H27ClFNO3S/c1-18-17-24-29(39-30(35-24)23-12-8-11-22(27(23)34)19-9-6-5-7-10-19)26(20-13-15-21(33)16-14-20)25(18)28(31(36)37)38-32(2,3)4/h5-17,28H,1-4H3,(H,36,37)/t28-/m0/s1. The van der Waals surface area contributed by atoms with Gasteiger partial charge in [-0.25, -0.2) is 14.2 Å². The number of hydrogen-bond donors (Lipinski definition) is 1. The maximum Gasteiger partial charge on any atom is 0.337 e. The topological polar surface area (TPSA) is 59.4 Å². The molecule has 0 fully saturated rings. The Morgan fingerprint density at radius 3 is 2.28 bits per heavy atom. The van der Waals surface area contributed by atoms with E-state index in [9.17, 15) is 9.90 Å². The molecule has 0 aliphatic carbocycles. The van der Waals surface area contributed by atoms with E-state index in [2.05, 4.69) is 0 Å². The number of carboxylic acid groups (broad SMARTS) is 1. The van der Waals surface area contributed by atoms with Crippen LogP contribution in [0.25, 0.3) is 43.0 Å². The summed E-state index contributed by atoms with van der Waals surface area (Å²) in [5.41, 5.74) is 4.35. The fraction of sp³-hybridized carbons (Fsp3) is 0.188. The summed E-state index contributed by atoms with van der Waals surface area (Å²) in [6.45, 7) is 7.33. The van der Waals surface area contributed by atoms with Gasteiger partial charge in [-0.15, -0.1) is 11.3 Å². The van der Waals surface area contributed by atoms with Gasteiger partial charge in [0.05, 0.1) is 15.8 Å². The summed E-state index contributed by atoms with van der Waals surface area (Å²) in [6, 6.07) is 23.8. The smallest absolute Gasteiger partial charge is 0.337 e. The fourth-order valence-corrected chi connectivity index (χ4v) is 5.96. The largest absolute Gasteiger partial charge is 0.479 e. The molecule has 4 aromatic carbocycles. The van der Waals surface area contributed by atoms with Crippen LogP contribution in [0, 0.1) is 12.7 Å². The molecule has 1 heterocycles. The minimum Gasteiger partial charge on any atom is -0.479 e. The molecule has 7 heteroatoms. The van der Waals surface area contributed by atoms with Crippen molar-refractivity contribution in [1.29, 1.82) is 0 Å². The van der Waals surface area contributed by atoms with Crippen LogP contribution in [0.2, 0.25) is 5.02 Å². The first kappa shape index (κ1) is 27.0. The molecule has 0 unspecified atom stereocenters. The maximum atomic E-state index is 15.9. The molecule has 4 nitrogen and oxygen atoms in total. The minimum absolute atomic E-state index is 0.354. The van der Waals surface area contributed by atoms with Crippen molar-refractivity contribution in [3.05, 3.63) is 101 Å². The zero-order valence-electron chi connectivity index (χ0n) is 22.0. The van der Waals surface area contributed by atoms with E-state index in [1.807, 2.05) is 82.3 Å². The molecule has 0 aliphatic rings. The third-order valence-corrected chi connectivity index (χ3v) is 7.71. The maximum absolute atomic E-state index is 15.9. The number of thiazole rings is 1. The first-order valence-corrected chi connectivity index (χ1v) is 13.7. The number of aromatic nitrogens is 1. The Hall–Kier alpha value is -3.58. The van der Waals surface area contributed by atoms with E-state index in [1.165, 1.54) is 11.3 Å². The van der Waals surface area contributed by atoms with Crippen molar-refractivity contribution < 1.29 is 19.0 Å². The average Bonchev–Trinajstić information content (AvgIpc) is 3.30. The second kappa shape index (κ2) is 10.5. The zero-order valence-corrected chi connectivity index (χ0v) is 23.5. The molecule has 0 saturated heterocycles. The second-order valence-corrected chi connectivity index (χ2v) is 11.8. The number of carboxylic acids is 1. The van der Waals surface area contributed by atoms with Crippen LogP contribution in [0.4, 0.5) is 4.39 Å². The third kappa shape index (κ3) is 5.46. The van der Waals surface area contributed by atoms with Crippen molar-refractivity contribution in [1.82, 2.24) is 4.98 Å². The molecule has 0 spiro atoms. The van der Waals surface area contributed by atoms with E-state index >= 15 is 4.39 Å². The number of carbonyl (C=O) groups is 1. The number of hydrogen-bond acceptors (Lipinski definition) is 4. The molecule has 39 heavy (non-hydrogen) atoms. The van der Waals surface area contributed by atoms with Crippen molar-refractivity contribution in [3.63, 3.8) is 0 Å². The number of benzene rings is 4. The van der Waals surface area contributed by atoms with Gasteiger partial charge in [-0.05, 0) is 68.7 Å². The van der Waals surface area contributed by atoms with Gasteiger partial charge < -0.3 is 9.84 Å². The molecule has 0 bridgehead atoms. The Morgan fingerprint density at radius 2 is 1.64 bits per heavy atom. The van der Waals surface area contributed by atoms with E-state index < -0.39 is 17.7 Å². The molecule has 1 atom stereocenters. The van der Waals surface area contributed by atoms with E-state index in [0.717, 1.165) is 21.4 Å². The van der Waals surface area contributed by atoms with Crippen molar-refractivity contribution in [2.24, 2.45) is 0 Å². The van der Waals surface area contributed by atoms with Gasteiger partial charge in [0.15, 0.2) is 6.10 Å². The third-order valence-electron chi connectivity index (χ3n) is 6.33. The molecular formula is C32H27ClFNO3S. The monoisotopic (exact) mass is 559 g/mol. The molecule has 1 aromatic heterocycles. The minimum atomic E-state index is -1.22. The lowest BCUT2D eigenvalue weighted by atomic mass is 9.91. The van der Waals surface area contributed by atoms with E-state index in [-0.39, 0.29) is 5.82 Å². The Balaban J connectivity index is 1.77. The molecule has 0 amide bonds. The summed E-state index contributed by atoms with van der Waals surface area (Å²) in [5, 5.41) is 11.3. The lowest BCUT2D eigenvalue weighted by Crippen LogP contribution is -2.28. The second-order valence-electron chi connectivity index (χ2n) is 10.3. The van der Waals surface area contributed by atoms with Crippen molar-refractivity contribution in [2.45, 2.75) is 39.4 Å². The van der Waals surface area contributed by atoms with E-state index in [1.54, 1.807) is 24.3 Å². The molecule has 198 valence electrons. The molecule has 0 saturated carbocycles. The van der Waals surface area contributed by atoms with Crippen LogP contribution in [-0.2, 0) is 9.53 Å². The summed E-state index contributed by atoms with van der Waals surface area (Å²) in [5.74, 6) is -1.44. The molecule has 0 aliphatic heterocycles. The van der Waals surface area contributed by atoms with Gasteiger partial charge >= 0.3 is 5.97 Å². The number of rotatable bonds is 6. The summed E-state index contributed by atoms with van der Waals surface area (Å²) in [4.78, 5) is 17.4. The molecular weight excluding hydrogens is 533 g/mol. The normalized spacial score (nSPS) is 12.6. The van der Waals surface area contributed by atoms with Crippen LogP contribution in [0.5, 0.6) is 0 Å². The summed E-state index contributed by atoms with van der Waals surface area (Å²) >= 11 is 7.52. The molecule has 0 radical (unpaired) electrons. The van der Waals surface area contributed by atoms with Crippen LogP contribution in [0.3, 0.4) is 0 Å². The lowest BCUT2D eigenvalue weighted by molar-refractivity contribution is -0.160. The lowest BCUT2D eigenvalue weighted by Gasteiger charge is -2.28. The highest BCUT2D eigenvalue weighted by Gasteiger charge is 2.32. The first-order valence-electron chi connectivity index (χ1n) is 12.5. The van der Waals surface area contributed by atoms with Gasteiger partial charge in [0.1, 0.15) is 10.8 Å². The molecule has 1 N–H and O–H groups in total. The van der Waals surface area contributed by atoms with Crippen LogP contribution < -0.4 is 0 Å². The quantitative estimate of drug-likeness (QED) is 0.225. The number of aryl methyl sites for hydroxylation is 1. The SMILES string of the molecule is Cc1cc2nc(-c3cccc(-c4ccccc4)c3F)sc2c(-c2ccc(Cl)cc2)c1[C@H](OC(C)(C)C)C(=O)O. The number of aliphatic carboxylic acids is 1. The van der Waals surface area contributed by atoms with Crippen molar-refractivity contribution in [3.8, 4) is 32.8 Å². The predicted molar refractivity (Wildman–Crippen MR) is 157 cm³/mol. The summed E-state index contributed by atoms with van der Waals surface area (Å²) in [6.07, 6.45) is -1.22.